The molecule has 1 aliphatic carbocycles. The number of carbonyl (C=O) groups excluding carboxylic acids is 1. The van der Waals surface area contributed by atoms with Gasteiger partial charge in [0.25, 0.3) is 0 Å². The standard InChI is InChI=1S/C35H67NO3/c1-3-5-7-9-11-13-15-16-18-20-22-24-26-28-34(38)36-33(30-37)35(39)32-29-31(32)27-25-23-21-19-17-14-12-10-8-6-4-2/h33,35,37,39H,3-30H2,1-2H3,(H,36,38)/t33-,35+/m0/s1. The molecule has 1 aliphatic rings. The summed E-state index contributed by atoms with van der Waals surface area (Å²) in [4.78, 5) is 12.4. The third kappa shape index (κ3) is 20.6. The van der Waals surface area contributed by atoms with E-state index in [9.17, 15) is 15.0 Å². The number of hydrogen-bond donors (Lipinski definition) is 3. The van der Waals surface area contributed by atoms with Gasteiger partial charge in [0, 0.05) is 6.42 Å². The number of unbranched alkanes of at least 4 members (excludes halogenated alkanes) is 22. The molecule has 4 heteroatoms. The minimum absolute atomic E-state index is 0.0377. The number of aliphatic hydroxyl groups excluding tert-OH is 2. The number of nitrogens with one attached hydrogen (secondary N) is 1. The Balaban J connectivity index is 2.00. The summed E-state index contributed by atoms with van der Waals surface area (Å²) >= 11 is 0. The van der Waals surface area contributed by atoms with Gasteiger partial charge in [0.15, 0.2) is 0 Å². The molecule has 39 heavy (non-hydrogen) atoms. The van der Waals surface area contributed by atoms with E-state index in [0.717, 1.165) is 31.3 Å². The van der Waals surface area contributed by atoms with Gasteiger partial charge in [0.1, 0.15) is 0 Å². The topological polar surface area (TPSA) is 69.6 Å². The second kappa shape index (κ2) is 26.1. The van der Waals surface area contributed by atoms with Crippen molar-refractivity contribution in [1.82, 2.24) is 5.32 Å². The molecule has 0 heterocycles. The van der Waals surface area contributed by atoms with Crippen LogP contribution in [0.15, 0.2) is 11.1 Å². The molecule has 2 atom stereocenters. The molecule has 0 radical (unpaired) electrons. The molecule has 4 nitrogen and oxygen atoms in total. The van der Waals surface area contributed by atoms with Gasteiger partial charge in [-0.15, -0.1) is 0 Å². The highest BCUT2D eigenvalue weighted by atomic mass is 16.3. The molecule has 3 N–H and O–H groups in total. The van der Waals surface area contributed by atoms with Gasteiger partial charge in [-0.25, -0.2) is 0 Å². The Kier molecular flexibility index (Phi) is 24.2. The van der Waals surface area contributed by atoms with Crippen LogP contribution in [0.2, 0.25) is 0 Å². The number of allylic oxidation sites excluding steroid dienone is 1. The van der Waals surface area contributed by atoms with Crippen LogP contribution in [0.5, 0.6) is 0 Å². The summed E-state index contributed by atoms with van der Waals surface area (Å²) in [5.74, 6) is -0.0377. The molecule has 0 aromatic heterocycles. The molecule has 1 rings (SSSR count). The van der Waals surface area contributed by atoms with E-state index in [1.807, 2.05) is 0 Å². The second-order valence-corrected chi connectivity index (χ2v) is 12.4. The van der Waals surface area contributed by atoms with Crippen molar-refractivity contribution in [2.24, 2.45) is 0 Å². The molecule has 0 saturated carbocycles. The fraction of sp³-hybridized carbons (Fsp3) is 0.914. The Morgan fingerprint density at radius 2 is 1.03 bits per heavy atom. The quantitative estimate of drug-likeness (QED) is 0.0617. The Morgan fingerprint density at radius 3 is 1.44 bits per heavy atom. The zero-order valence-electron chi connectivity index (χ0n) is 26.3. The van der Waals surface area contributed by atoms with E-state index in [4.69, 9.17) is 0 Å². The number of hydrogen-bond acceptors (Lipinski definition) is 3. The van der Waals surface area contributed by atoms with Crippen LogP contribution in [-0.2, 0) is 4.79 Å². The van der Waals surface area contributed by atoms with Crippen molar-refractivity contribution >= 4 is 5.91 Å². The molecule has 0 saturated heterocycles. The van der Waals surface area contributed by atoms with Gasteiger partial charge in [-0.3, -0.25) is 4.79 Å². The molecule has 1 amide bonds. The SMILES string of the molecule is CCCCCCCCCCCCCCCC(=O)N[C@@H](CO)[C@H](O)C1=C(CCCCCCCCCCCCC)C1. The summed E-state index contributed by atoms with van der Waals surface area (Å²) in [5.41, 5.74) is 2.41. The first kappa shape index (κ1) is 36.2. The molecule has 0 aliphatic heterocycles. The van der Waals surface area contributed by atoms with Crippen LogP contribution in [0.3, 0.4) is 0 Å². The predicted octanol–water partition coefficient (Wildman–Crippen LogP) is 9.71. The van der Waals surface area contributed by atoms with Crippen LogP contribution in [0.4, 0.5) is 0 Å². The van der Waals surface area contributed by atoms with Crippen molar-refractivity contribution in [1.29, 1.82) is 0 Å². The number of amides is 1. The van der Waals surface area contributed by atoms with Gasteiger partial charge >= 0.3 is 0 Å². The van der Waals surface area contributed by atoms with E-state index in [2.05, 4.69) is 19.2 Å². The lowest BCUT2D eigenvalue weighted by atomic mass is 10.0. The summed E-state index contributed by atoms with van der Waals surface area (Å²) < 4.78 is 0. The first-order valence-electron chi connectivity index (χ1n) is 17.4. The molecular weight excluding hydrogens is 482 g/mol. The molecular formula is C35H67NO3. The van der Waals surface area contributed by atoms with Crippen molar-refractivity contribution in [2.75, 3.05) is 6.61 Å². The van der Waals surface area contributed by atoms with Crippen molar-refractivity contribution in [2.45, 2.75) is 199 Å². The Labute approximate surface area is 243 Å². The highest BCUT2D eigenvalue weighted by molar-refractivity contribution is 5.76. The lowest BCUT2D eigenvalue weighted by Crippen LogP contribution is -2.45. The summed E-state index contributed by atoms with van der Waals surface area (Å²) in [6.07, 6.45) is 33.3. The molecule has 0 spiro atoms. The van der Waals surface area contributed by atoms with Crippen LogP contribution in [0, 0.1) is 0 Å². The highest BCUT2D eigenvalue weighted by Gasteiger charge is 2.33. The van der Waals surface area contributed by atoms with Gasteiger partial charge in [0.2, 0.25) is 5.91 Å². The van der Waals surface area contributed by atoms with Gasteiger partial charge < -0.3 is 15.5 Å². The molecule has 230 valence electrons. The van der Waals surface area contributed by atoms with Crippen LogP contribution in [0.25, 0.3) is 0 Å². The van der Waals surface area contributed by atoms with Crippen LogP contribution >= 0.6 is 0 Å². The smallest absolute Gasteiger partial charge is 0.220 e. The second-order valence-electron chi connectivity index (χ2n) is 12.4. The van der Waals surface area contributed by atoms with Crippen molar-refractivity contribution < 1.29 is 15.0 Å². The van der Waals surface area contributed by atoms with E-state index < -0.39 is 12.1 Å². The third-order valence-electron chi connectivity index (χ3n) is 8.60. The molecule has 0 aromatic rings. The molecule has 0 aromatic carbocycles. The maximum Gasteiger partial charge on any atom is 0.220 e. The zero-order chi connectivity index (χ0) is 28.4. The van der Waals surface area contributed by atoms with E-state index in [-0.39, 0.29) is 12.5 Å². The first-order valence-corrected chi connectivity index (χ1v) is 17.4. The van der Waals surface area contributed by atoms with Gasteiger partial charge in [-0.1, -0.05) is 161 Å². The lowest BCUT2D eigenvalue weighted by molar-refractivity contribution is -0.123. The van der Waals surface area contributed by atoms with Crippen molar-refractivity contribution in [3.8, 4) is 0 Å². The number of aliphatic hydroxyl groups is 2. The molecule has 0 bridgehead atoms. The predicted molar refractivity (Wildman–Crippen MR) is 168 cm³/mol. The van der Waals surface area contributed by atoms with Gasteiger partial charge in [0.05, 0.1) is 18.8 Å². The van der Waals surface area contributed by atoms with Crippen LogP contribution in [-0.4, -0.2) is 34.9 Å². The average molecular weight is 550 g/mol. The Bertz CT molecular complexity index is 603. The van der Waals surface area contributed by atoms with Gasteiger partial charge in [-0.2, -0.15) is 0 Å². The fourth-order valence-electron chi connectivity index (χ4n) is 5.80. The third-order valence-corrected chi connectivity index (χ3v) is 8.60. The van der Waals surface area contributed by atoms with Crippen molar-refractivity contribution in [3.63, 3.8) is 0 Å². The maximum absolute atomic E-state index is 12.4. The number of carbonyl (C=O) groups is 1. The minimum atomic E-state index is -0.728. The van der Waals surface area contributed by atoms with E-state index in [1.165, 1.54) is 147 Å². The molecule has 0 fully saturated rings. The summed E-state index contributed by atoms with van der Waals surface area (Å²) in [6.45, 7) is 4.33. The normalized spacial score (nSPS) is 14.6. The minimum Gasteiger partial charge on any atom is -0.394 e. The highest BCUT2D eigenvalue weighted by Crippen LogP contribution is 2.38. The fourth-order valence-corrected chi connectivity index (χ4v) is 5.80. The van der Waals surface area contributed by atoms with Crippen LogP contribution < -0.4 is 5.32 Å². The van der Waals surface area contributed by atoms with E-state index >= 15 is 0 Å². The summed E-state index contributed by atoms with van der Waals surface area (Å²) in [7, 11) is 0. The van der Waals surface area contributed by atoms with E-state index in [1.54, 1.807) is 0 Å². The monoisotopic (exact) mass is 550 g/mol. The van der Waals surface area contributed by atoms with E-state index in [0.29, 0.717) is 6.42 Å². The Morgan fingerprint density at radius 1 is 0.641 bits per heavy atom. The van der Waals surface area contributed by atoms with Crippen LogP contribution in [0.1, 0.15) is 187 Å². The average Bonchev–Trinajstić information content (AvgIpc) is 3.72. The first-order chi connectivity index (χ1) is 19.1. The van der Waals surface area contributed by atoms with Gasteiger partial charge in [-0.05, 0) is 31.3 Å². The summed E-state index contributed by atoms with van der Waals surface area (Å²) in [6, 6.07) is -0.565. The zero-order valence-corrected chi connectivity index (χ0v) is 26.3. The number of rotatable bonds is 30. The Hall–Kier alpha value is -0.870. The summed E-state index contributed by atoms with van der Waals surface area (Å²) in [5, 5.41) is 23.4. The van der Waals surface area contributed by atoms with Crippen molar-refractivity contribution in [3.05, 3.63) is 11.1 Å². The maximum atomic E-state index is 12.4. The largest absolute Gasteiger partial charge is 0.394 e. The molecule has 0 unspecified atom stereocenters. The lowest BCUT2D eigenvalue weighted by Gasteiger charge is -2.20.